The summed E-state index contributed by atoms with van der Waals surface area (Å²) in [6.45, 7) is -0.754. The molecule has 3 rings (SSSR count). The minimum atomic E-state index is -1.85. The molecule has 2 aromatic carbocycles. The zero-order valence-corrected chi connectivity index (χ0v) is 33.0. The van der Waals surface area contributed by atoms with E-state index in [1.165, 1.54) is 16.7 Å². The second kappa shape index (κ2) is 25.0. The highest BCUT2D eigenvalue weighted by Crippen LogP contribution is 2.22. The lowest BCUT2D eigenvalue weighted by Gasteiger charge is -2.33. The van der Waals surface area contributed by atoms with Gasteiger partial charge in [-0.3, -0.25) is 14.7 Å². The van der Waals surface area contributed by atoms with Crippen LogP contribution in [0.4, 0.5) is 0 Å². The Morgan fingerprint density at radius 2 is 1.17 bits per heavy atom. The minimum absolute atomic E-state index is 0.0337. The van der Waals surface area contributed by atoms with Gasteiger partial charge in [-0.1, -0.05) is 60.1 Å². The third-order valence-electron chi connectivity index (χ3n) is 9.58. The first-order chi connectivity index (χ1) is 27.7. The van der Waals surface area contributed by atoms with Crippen molar-refractivity contribution in [2.24, 2.45) is 16.5 Å². The van der Waals surface area contributed by atoms with Gasteiger partial charge in [0.15, 0.2) is 5.69 Å². The molecule has 3 aromatic rings. The number of nitrogens with zero attached hydrogens (tertiary/aromatic N) is 4. The molecule has 8 atom stereocenters. The van der Waals surface area contributed by atoms with Gasteiger partial charge in [0.1, 0.15) is 53.3 Å². The fourth-order valence-electron chi connectivity index (χ4n) is 6.08. The van der Waals surface area contributed by atoms with Crippen LogP contribution in [0.5, 0.6) is 0 Å². The third-order valence-corrected chi connectivity index (χ3v) is 9.76. The predicted octanol–water partition coefficient (Wildman–Crippen LogP) is -2.68. The molecule has 0 fully saturated rings. The number of amidine groups is 1. The smallest absolute Gasteiger partial charge is 0.269 e. The predicted molar refractivity (Wildman–Crippen MR) is 216 cm³/mol. The molecular weight excluding hydrogens is 778 g/mol. The molecule has 0 aliphatic rings. The van der Waals surface area contributed by atoms with Crippen molar-refractivity contribution in [2.45, 2.75) is 80.9 Å². The maximum absolute atomic E-state index is 11.7. The second-order valence-corrected chi connectivity index (χ2v) is 14.5. The maximum atomic E-state index is 11.7. The summed E-state index contributed by atoms with van der Waals surface area (Å²) in [4.78, 5) is 25.3. The van der Waals surface area contributed by atoms with E-state index in [2.05, 4.69) is 68.8 Å². The number of nitrogens with one attached hydrogen (secondary N) is 1. The van der Waals surface area contributed by atoms with Gasteiger partial charge in [0.2, 0.25) is 0 Å². The van der Waals surface area contributed by atoms with Gasteiger partial charge in [-0.15, -0.1) is 0 Å². The number of carbonyl (C=O) groups is 1. The van der Waals surface area contributed by atoms with Crippen molar-refractivity contribution in [2.75, 3.05) is 52.5 Å². The standard InChI is InChI=1S/C39H58ClN7O11/c40-31-18-45-32(33(46-31)39(42)58)38(41)44-15-2-1-4-23-6-10-25(11-7-23)26-12-8-24(9-13-26)5-3-14-43-16-17-47(19-27(50)34(54)36(56)29(52)21-48)20-28(51)35(55)37(57)30(53)22-49/h6-13,18,27-30,34-37,43,48-57H,1-5,14-17,19-22H2,(H2,41,44)(H2,42,58)/t27-,28-,29+,30+,34+,35+,36+,37+/m0/s1. The second-order valence-electron chi connectivity index (χ2n) is 14.1. The number of aliphatic imine (C=N–C) groups is 1. The van der Waals surface area contributed by atoms with Gasteiger partial charge < -0.3 is 67.8 Å². The summed E-state index contributed by atoms with van der Waals surface area (Å²) in [5.74, 6) is -0.714. The Hall–Kier alpha value is -3.73. The third kappa shape index (κ3) is 15.5. The van der Waals surface area contributed by atoms with Crippen LogP contribution in [0.25, 0.3) is 11.1 Å². The molecule has 58 heavy (non-hydrogen) atoms. The first-order valence-electron chi connectivity index (χ1n) is 19.1. The van der Waals surface area contributed by atoms with Gasteiger partial charge >= 0.3 is 0 Å². The number of carbonyl (C=O) groups excluding carboxylic acids is 1. The molecule has 0 radical (unpaired) electrons. The van der Waals surface area contributed by atoms with Crippen LogP contribution in [0.3, 0.4) is 0 Å². The average Bonchev–Trinajstić information content (AvgIpc) is 3.23. The summed E-state index contributed by atoms with van der Waals surface area (Å²) < 4.78 is 0. The summed E-state index contributed by atoms with van der Waals surface area (Å²) in [5.41, 5.74) is 15.8. The number of aliphatic hydroxyl groups is 10. The van der Waals surface area contributed by atoms with E-state index >= 15 is 0 Å². The van der Waals surface area contributed by atoms with Crippen molar-refractivity contribution in [3.8, 4) is 11.1 Å². The number of primary amides is 1. The number of hydrogen-bond acceptors (Lipinski definition) is 16. The molecule has 0 aliphatic carbocycles. The number of nitrogens with two attached hydrogens (primary N) is 2. The molecule has 0 aliphatic heterocycles. The zero-order chi connectivity index (χ0) is 42.8. The number of aryl methyl sites for hydroxylation is 2. The van der Waals surface area contributed by atoms with Crippen molar-refractivity contribution in [3.63, 3.8) is 0 Å². The number of halogens is 1. The van der Waals surface area contributed by atoms with Crippen molar-refractivity contribution in [1.29, 1.82) is 0 Å². The fraction of sp³-hybridized carbons (Fsp3) is 0.538. The molecule has 322 valence electrons. The van der Waals surface area contributed by atoms with Crippen LogP contribution >= 0.6 is 11.6 Å². The number of unbranched alkanes of at least 4 members (excludes halogenated alkanes) is 1. The quantitative estimate of drug-likeness (QED) is 0.0211. The van der Waals surface area contributed by atoms with Crippen molar-refractivity contribution < 1.29 is 55.9 Å². The number of aromatic nitrogens is 2. The molecular formula is C39H58ClN7O11. The Labute approximate surface area is 342 Å². The maximum Gasteiger partial charge on any atom is 0.269 e. The normalized spacial score (nSPS) is 16.4. The van der Waals surface area contributed by atoms with Gasteiger partial charge in [0, 0.05) is 32.7 Å². The van der Waals surface area contributed by atoms with Gasteiger partial charge in [0.25, 0.3) is 5.91 Å². The first-order valence-corrected chi connectivity index (χ1v) is 19.4. The van der Waals surface area contributed by atoms with E-state index in [1.807, 2.05) is 0 Å². The lowest BCUT2D eigenvalue weighted by molar-refractivity contribution is -0.130. The summed E-state index contributed by atoms with van der Waals surface area (Å²) in [6.07, 6.45) is -8.70. The highest BCUT2D eigenvalue weighted by molar-refractivity contribution is 6.29. The van der Waals surface area contributed by atoms with Crippen LogP contribution in [-0.4, -0.2) is 179 Å². The van der Waals surface area contributed by atoms with E-state index in [1.54, 1.807) is 0 Å². The number of amides is 1. The van der Waals surface area contributed by atoms with Crippen LogP contribution < -0.4 is 16.8 Å². The van der Waals surface area contributed by atoms with Crippen LogP contribution in [-0.2, 0) is 12.8 Å². The van der Waals surface area contributed by atoms with Gasteiger partial charge in [-0.05, 0) is 60.9 Å². The fourth-order valence-corrected chi connectivity index (χ4v) is 6.21. The molecule has 1 heterocycles. The first kappa shape index (κ1) is 48.6. The average molecular weight is 836 g/mol. The Morgan fingerprint density at radius 3 is 1.66 bits per heavy atom. The largest absolute Gasteiger partial charge is 0.394 e. The lowest BCUT2D eigenvalue weighted by Crippen LogP contribution is -2.54. The minimum Gasteiger partial charge on any atom is -0.394 e. The molecule has 18 nitrogen and oxygen atoms in total. The van der Waals surface area contributed by atoms with E-state index in [0.29, 0.717) is 19.6 Å². The van der Waals surface area contributed by atoms with E-state index < -0.39 is 68.0 Å². The van der Waals surface area contributed by atoms with Gasteiger partial charge in [-0.2, -0.15) is 0 Å². The SMILES string of the molecule is NC(=O)c1nc(Cl)cnc1C(N)=NCCCCc1ccc(-c2ccc(CCCNCCN(C[C@H](O)[C@@H](O)[C@H](O)[C@H](O)CO)C[C@H](O)[C@@H](O)[C@H](O)[C@H](O)CO)cc2)cc1. The van der Waals surface area contributed by atoms with E-state index in [0.717, 1.165) is 48.8 Å². The molecule has 19 heteroatoms. The number of aliphatic hydroxyl groups excluding tert-OH is 10. The Kier molecular flexibility index (Phi) is 21.0. The summed E-state index contributed by atoms with van der Waals surface area (Å²) in [6, 6.07) is 16.6. The number of benzene rings is 2. The van der Waals surface area contributed by atoms with Crippen LogP contribution in [0.2, 0.25) is 5.15 Å². The molecule has 15 N–H and O–H groups in total. The molecule has 0 saturated carbocycles. The van der Waals surface area contributed by atoms with E-state index in [-0.39, 0.29) is 42.0 Å². The van der Waals surface area contributed by atoms with Gasteiger partial charge in [0.05, 0.1) is 31.6 Å². The number of hydrogen-bond donors (Lipinski definition) is 13. The number of rotatable bonds is 27. The topological polar surface area (TPSA) is 325 Å². The highest BCUT2D eigenvalue weighted by atomic mass is 35.5. The molecule has 1 amide bonds. The van der Waals surface area contributed by atoms with Crippen LogP contribution in [0.1, 0.15) is 46.6 Å². The van der Waals surface area contributed by atoms with Crippen molar-refractivity contribution in [3.05, 3.63) is 82.4 Å². The van der Waals surface area contributed by atoms with Crippen molar-refractivity contribution in [1.82, 2.24) is 20.2 Å². The van der Waals surface area contributed by atoms with Crippen molar-refractivity contribution >= 4 is 23.3 Å². The van der Waals surface area contributed by atoms with Crippen LogP contribution in [0, 0.1) is 0 Å². The van der Waals surface area contributed by atoms with E-state index in [9.17, 15) is 45.6 Å². The molecule has 0 unspecified atom stereocenters. The summed E-state index contributed by atoms with van der Waals surface area (Å²) in [7, 11) is 0. The van der Waals surface area contributed by atoms with Crippen LogP contribution in [0.15, 0.2) is 59.7 Å². The molecule has 0 bridgehead atoms. The van der Waals surface area contributed by atoms with E-state index in [4.69, 9.17) is 33.3 Å². The molecule has 1 aromatic heterocycles. The monoisotopic (exact) mass is 835 g/mol. The Bertz CT molecular complexity index is 1660. The lowest BCUT2D eigenvalue weighted by atomic mass is 9.99. The van der Waals surface area contributed by atoms with Gasteiger partial charge in [-0.25, -0.2) is 9.97 Å². The zero-order valence-electron chi connectivity index (χ0n) is 32.2. The summed E-state index contributed by atoms with van der Waals surface area (Å²) in [5, 5.41) is 102. The molecule has 0 saturated heterocycles. The highest BCUT2D eigenvalue weighted by Gasteiger charge is 2.34. The Balaban J connectivity index is 1.43. The Morgan fingerprint density at radius 1 is 0.690 bits per heavy atom. The summed E-state index contributed by atoms with van der Waals surface area (Å²) >= 11 is 5.80. The molecule has 0 spiro atoms.